The van der Waals surface area contributed by atoms with Gasteiger partial charge >= 0.3 is 0 Å². The average molecular weight is 490 g/mol. The first-order chi connectivity index (χ1) is 16.2. The van der Waals surface area contributed by atoms with Crippen molar-refractivity contribution in [3.63, 3.8) is 0 Å². The van der Waals surface area contributed by atoms with Crippen molar-refractivity contribution in [1.29, 1.82) is 0 Å². The first-order valence-corrected chi connectivity index (χ1v) is 12.2. The summed E-state index contributed by atoms with van der Waals surface area (Å²) in [6, 6.07) is 3.40. The van der Waals surface area contributed by atoms with Crippen molar-refractivity contribution in [2.75, 3.05) is 0 Å². The van der Waals surface area contributed by atoms with Crippen LogP contribution in [0.2, 0.25) is 5.02 Å². The van der Waals surface area contributed by atoms with Gasteiger partial charge in [0, 0.05) is 30.1 Å². The molecule has 2 aliphatic carbocycles. The fourth-order valence-corrected chi connectivity index (χ4v) is 5.01. The Labute approximate surface area is 202 Å². The molecule has 1 aromatic heterocycles. The zero-order valence-electron chi connectivity index (χ0n) is 18.9. The Hall–Kier alpha value is -2.74. The maximum Gasteiger partial charge on any atom is 0.240 e. The summed E-state index contributed by atoms with van der Waals surface area (Å²) in [5.41, 5.74) is 6.12. The maximum atomic E-state index is 13.8. The minimum atomic E-state index is -0.953. The number of carbonyl (C=O) groups excluding carboxylic acids is 4. The summed E-state index contributed by atoms with van der Waals surface area (Å²) >= 11 is 6.01. The Morgan fingerprint density at radius 2 is 1.94 bits per heavy atom. The number of halogens is 2. The van der Waals surface area contributed by atoms with E-state index in [1.807, 2.05) is 0 Å². The predicted molar refractivity (Wildman–Crippen MR) is 126 cm³/mol. The van der Waals surface area contributed by atoms with E-state index in [1.165, 1.54) is 12.1 Å². The number of carbonyl (C=O) groups is 4. The number of aromatic amines is 1. The van der Waals surface area contributed by atoms with Gasteiger partial charge in [-0.3, -0.25) is 19.2 Å². The number of benzene rings is 1. The number of aromatic nitrogens is 1. The van der Waals surface area contributed by atoms with Crippen molar-refractivity contribution in [3.05, 3.63) is 34.7 Å². The number of amides is 2. The predicted octanol–water partition coefficient (Wildman–Crippen LogP) is 4.07. The molecule has 2 aromatic rings. The smallest absolute Gasteiger partial charge is 0.240 e. The molecule has 0 unspecified atom stereocenters. The molecule has 182 valence electrons. The number of H-pyrrole nitrogens is 1. The van der Waals surface area contributed by atoms with E-state index in [0.717, 1.165) is 25.7 Å². The standard InChI is InChI=1S/C25H29ClFN3O4/c26-22-17(27)8-7-15-11-18(29-23(15)22)21(32)12-16(9-13-5-6-13)25(34)30-19(24(28)33)10-14-3-1-2-4-20(14)31/h7-8,11,13-14,16,19,29H,1-6,9-10,12H2,(H2,28,33)(H,30,34)/t14-,16+,19-/m0/s1. The first kappa shape index (κ1) is 24.4. The van der Waals surface area contributed by atoms with Crippen LogP contribution >= 0.6 is 11.6 Å². The molecular formula is C25H29ClFN3O4. The van der Waals surface area contributed by atoms with Crippen molar-refractivity contribution < 1.29 is 23.6 Å². The lowest BCUT2D eigenvalue weighted by atomic mass is 9.83. The third-order valence-electron chi connectivity index (χ3n) is 6.97. The van der Waals surface area contributed by atoms with Gasteiger partial charge in [0.1, 0.15) is 22.7 Å². The molecule has 1 heterocycles. The van der Waals surface area contributed by atoms with Crippen molar-refractivity contribution in [2.45, 2.75) is 63.8 Å². The van der Waals surface area contributed by atoms with E-state index in [9.17, 15) is 23.6 Å². The van der Waals surface area contributed by atoms with Crippen LogP contribution in [0, 0.1) is 23.6 Å². The molecule has 0 saturated heterocycles. The fraction of sp³-hybridized carbons (Fsp3) is 0.520. The number of nitrogens with two attached hydrogens (primary N) is 1. The van der Waals surface area contributed by atoms with Gasteiger partial charge in [-0.05, 0) is 49.8 Å². The van der Waals surface area contributed by atoms with Gasteiger partial charge in [-0.1, -0.05) is 30.9 Å². The molecule has 0 aliphatic heterocycles. The van der Waals surface area contributed by atoms with Crippen LogP contribution in [0.4, 0.5) is 4.39 Å². The van der Waals surface area contributed by atoms with E-state index in [2.05, 4.69) is 10.3 Å². The summed E-state index contributed by atoms with van der Waals surface area (Å²) in [7, 11) is 0. The minimum absolute atomic E-state index is 0.0664. The van der Waals surface area contributed by atoms with E-state index >= 15 is 0 Å². The highest BCUT2D eigenvalue weighted by atomic mass is 35.5. The number of ketones is 2. The number of nitrogens with one attached hydrogen (secondary N) is 2. The second-order valence-corrected chi connectivity index (χ2v) is 10.00. The van der Waals surface area contributed by atoms with E-state index in [-0.39, 0.29) is 41.0 Å². The lowest BCUT2D eigenvalue weighted by molar-refractivity contribution is -0.132. The van der Waals surface area contributed by atoms with Gasteiger partial charge < -0.3 is 16.0 Å². The topological polar surface area (TPSA) is 122 Å². The molecule has 3 atom stereocenters. The van der Waals surface area contributed by atoms with Crippen LogP contribution in [0.25, 0.3) is 10.9 Å². The molecule has 2 fully saturated rings. The number of Topliss-reactive ketones (excluding diaryl/α,β-unsaturated/α-hetero) is 2. The Balaban J connectivity index is 1.46. The number of hydrogen-bond donors (Lipinski definition) is 3. The Morgan fingerprint density at radius 3 is 2.62 bits per heavy atom. The molecule has 9 heteroatoms. The summed E-state index contributed by atoms with van der Waals surface area (Å²) in [6.45, 7) is 0. The molecule has 2 amide bonds. The van der Waals surface area contributed by atoms with Crippen LogP contribution in [0.5, 0.6) is 0 Å². The molecule has 4 N–H and O–H groups in total. The van der Waals surface area contributed by atoms with Crippen molar-refractivity contribution in [3.8, 4) is 0 Å². The third kappa shape index (κ3) is 5.66. The van der Waals surface area contributed by atoms with E-state index in [0.29, 0.717) is 36.1 Å². The monoisotopic (exact) mass is 489 g/mol. The Bertz CT molecular complexity index is 1130. The SMILES string of the molecule is NC(=O)[C@H](C[C@@H]1CCCCC1=O)NC(=O)[C@@H](CC(=O)c1cc2ccc(F)c(Cl)c2[nH]1)CC1CC1. The van der Waals surface area contributed by atoms with Crippen LogP contribution in [-0.4, -0.2) is 34.4 Å². The van der Waals surface area contributed by atoms with Gasteiger partial charge in [0.25, 0.3) is 0 Å². The molecule has 2 saturated carbocycles. The normalized spacial score (nSPS) is 20.2. The van der Waals surface area contributed by atoms with Gasteiger partial charge in [0.2, 0.25) is 11.8 Å². The zero-order valence-corrected chi connectivity index (χ0v) is 19.6. The van der Waals surface area contributed by atoms with Crippen LogP contribution in [0.1, 0.15) is 68.3 Å². The molecule has 4 rings (SSSR count). The van der Waals surface area contributed by atoms with E-state index in [4.69, 9.17) is 17.3 Å². The Kier molecular flexibility index (Phi) is 7.36. The van der Waals surface area contributed by atoms with E-state index < -0.39 is 29.6 Å². The van der Waals surface area contributed by atoms with Gasteiger partial charge in [0.15, 0.2) is 5.78 Å². The van der Waals surface area contributed by atoms with Gasteiger partial charge in [0.05, 0.1) is 11.2 Å². The highest BCUT2D eigenvalue weighted by Crippen LogP contribution is 2.37. The largest absolute Gasteiger partial charge is 0.368 e. The third-order valence-corrected chi connectivity index (χ3v) is 7.34. The highest BCUT2D eigenvalue weighted by Gasteiger charge is 2.34. The second kappa shape index (κ2) is 10.3. The zero-order chi connectivity index (χ0) is 24.4. The molecule has 1 aromatic carbocycles. The van der Waals surface area contributed by atoms with Gasteiger partial charge in [-0.25, -0.2) is 4.39 Å². The minimum Gasteiger partial charge on any atom is -0.368 e. The van der Waals surface area contributed by atoms with Crippen LogP contribution < -0.4 is 11.1 Å². The van der Waals surface area contributed by atoms with E-state index in [1.54, 1.807) is 6.07 Å². The summed E-state index contributed by atoms with van der Waals surface area (Å²) in [4.78, 5) is 53.3. The summed E-state index contributed by atoms with van der Waals surface area (Å²) in [6.07, 6.45) is 5.57. The van der Waals surface area contributed by atoms with Crippen molar-refractivity contribution in [2.24, 2.45) is 23.5 Å². The molecule has 0 bridgehead atoms. The molecule has 34 heavy (non-hydrogen) atoms. The molecule has 7 nitrogen and oxygen atoms in total. The van der Waals surface area contributed by atoms with Crippen LogP contribution in [0.15, 0.2) is 18.2 Å². The lowest BCUT2D eigenvalue weighted by Crippen LogP contribution is -2.48. The summed E-state index contributed by atoms with van der Waals surface area (Å²) < 4.78 is 13.8. The molecule has 2 aliphatic rings. The first-order valence-electron chi connectivity index (χ1n) is 11.8. The average Bonchev–Trinajstić information content (AvgIpc) is 3.51. The van der Waals surface area contributed by atoms with Crippen LogP contribution in [0.3, 0.4) is 0 Å². The fourth-order valence-electron chi connectivity index (χ4n) is 4.79. The summed E-state index contributed by atoms with van der Waals surface area (Å²) in [5, 5.41) is 3.23. The maximum absolute atomic E-state index is 13.8. The second-order valence-electron chi connectivity index (χ2n) is 9.62. The lowest BCUT2D eigenvalue weighted by Gasteiger charge is -2.26. The number of hydrogen-bond acceptors (Lipinski definition) is 4. The molecular weight excluding hydrogens is 461 g/mol. The van der Waals surface area contributed by atoms with Crippen LogP contribution in [-0.2, 0) is 14.4 Å². The number of rotatable bonds is 10. The van der Waals surface area contributed by atoms with Gasteiger partial charge in [-0.2, -0.15) is 0 Å². The number of fused-ring (bicyclic) bond motifs is 1. The number of primary amides is 1. The van der Waals surface area contributed by atoms with Crippen molar-refractivity contribution >= 4 is 45.9 Å². The van der Waals surface area contributed by atoms with Crippen molar-refractivity contribution in [1.82, 2.24) is 10.3 Å². The highest BCUT2D eigenvalue weighted by molar-refractivity contribution is 6.35. The summed E-state index contributed by atoms with van der Waals surface area (Å²) in [5.74, 6) is -2.44. The molecule has 0 spiro atoms. The quantitative estimate of drug-likeness (QED) is 0.435. The van der Waals surface area contributed by atoms with Gasteiger partial charge in [-0.15, -0.1) is 0 Å². The molecule has 0 radical (unpaired) electrons. The Morgan fingerprint density at radius 1 is 1.18 bits per heavy atom.